The van der Waals surface area contributed by atoms with Gasteiger partial charge in [-0.2, -0.15) is 0 Å². The summed E-state index contributed by atoms with van der Waals surface area (Å²) >= 11 is 0. The van der Waals surface area contributed by atoms with Crippen molar-refractivity contribution in [2.24, 2.45) is 0 Å². The number of aryl methyl sites for hydroxylation is 1. The number of methoxy groups -OCH3 is 1. The summed E-state index contributed by atoms with van der Waals surface area (Å²) in [5, 5.41) is 2.91. The molecule has 1 aromatic rings. The summed E-state index contributed by atoms with van der Waals surface area (Å²) in [6.45, 7) is 2.57. The van der Waals surface area contributed by atoms with E-state index in [0.717, 1.165) is 25.1 Å². The molecule has 1 atom stereocenters. The quantitative estimate of drug-likeness (QED) is 0.826. The van der Waals surface area contributed by atoms with Crippen molar-refractivity contribution < 1.29 is 9.53 Å². The van der Waals surface area contributed by atoms with Gasteiger partial charge in [0.05, 0.1) is 7.11 Å². The highest BCUT2D eigenvalue weighted by molar-refractivity contribution is 5.87. The molecule has 19 heavy (non-hydrogen) atoms. The van der Waals surface area contributed by atoms with Crippen LogP contribution in [0.3, 0.4) is 0 Å². The molecule has 0 heterocycles. The van der Waals surface area contributed by atoms with Gasteiger partial charge in [-0.3, -0.25) is 4.79 Å². The second-order valence-corrected chi connectivity index (χ2v) is 4.88. The minimum atomic E-state index is -0.00800. The zero-order valence-corrected chi connectivity index (χ0v) is 11.6. The van der Waals surface area contributed by atoms with E-state index in [1.807, 2.05) is 13.0 Å². The van der Waals surface area contributed by atoms with E-state index in [4.69, 9.17) is 4.74 Å². The Kier molecular flexibility index (Phi) is 4.61. The maximum Gasteiger partial charge on any atom is 0.243 e. The van der Waals surface area contributed by atoms with Gasteiger partial charge in [0.15, 0.2) is 0 Å². The van der Waals surface area contributed by atoms with Crippen molar-refractivity contribution in [1.29, 1.82) is 0 Å². The van der Waals surface area contributed by atoms with Crippen LogP contribution in [0.5, 0.6) is 5.75 Å². The third kappa shape index (κ3) is 3.37. The number of hydrogen-bond donors (Lipinski definition) is 1. The number of fused-ring (bicyclic) bond motifs is 1. The van der Waals surface area contributed by atoms with Gasteiger partial charge in [0, 0.05) is 6.54 Å². The van der Waals surface area contributed by atoms with Gasteiger partial charge in [0.2, 0.25) is 5.91 Å². The van der Waals surface area contributed by atoms with Crippen LogP contribution in [0.4, 0.5) is 0 Å². The van der Waals surface area contributed by atoms with E-state index in [1.165, 1.54) is 17.5 Å². The Morgan fingerprint density at radius 1 is 1.53 bits per heavy atom. The van der Waals surface area contributed by atoms with Gasteiger partial charge in [-0.05, 0) is 61.4 Å². The van der Waals surface area contributed by atoms with E-state index < -0.39 is 0 Å². The van der Waals surface area contributed by atoms with E-state index in [0.29, 0.717) is 5.92 Å². The highest BCUT2D eigenvalue weighted by atomic mass is 16.5. The largest absolute Gasteiger partial charge is 0.497 e. The van der Waals surface area contributed by atoms with E-state index in [-0.39, 0.29) is 5.91 Å². The van der Waals surface area contributed by atoms with E-state index >= 15 is 0 Å². The summed E-state index contributed by atoms with van der Waals surface area (Å²) in [5.74, 6) is 1.45. The summed E-state index contributed by atoms with van der Waals surface area (Å²) < 4.78 is 5.28. The Labute approximate surface area is 114 Å². The molecule has 1 unspecified atom stereocenters. The first-order valence-electron chi connectivity index (χ1n) is 6.82. The molecule has 1 aromatic carbocycles. The Bertz CT molecular complexity index is 480. The van der Waals surface area contributed by atoms with Crippen LogP contribution >= 0.6 is 0 Å². The van der Waals surface area contributed by atoms with Crippen LogP contribution in [-0.4, -0.2) is 19.6 Å². The Hall–Kier alpha value is -1.77. The van der Waals surface area contributed by atoms with Crippen molar-refractivity contribution in [2.75, 3.05) is 13.7 Å². The Morgan fingerprint density at radius 2 is 2.37 bits per heavy atom. The highest BCUT2D eigenvalue weighted by Crippen LogP contribution is 2.37. The number of ether oxygens (including phenoxy) is 1. The van der Waals surface area contributed by atoms with E-state index in [2.05, 4.69) is 17.4 Å². The van der Waals surface area contributed by atoms with Crippen molar-refractivity contribution in [3.05, 3.63) is 41.5 Å². The molecule has 102 valence electrons. The number of allylic oxidation sites excluding steroid dienone is 1. The van der Waals surface area contributed by atoms with Crippen molar-refractivity contribution in [3.63, 3.8) is 0 Å². The van der Waals surface area contributed by atoms with Crippen LogP contribution in [0.25, 0.3) is 0 Å². The van der Waals surface area contributed by atoms with Crippen LogP contribution in [0.2, 0.25) is 0 Å². The maximum absolute atomic E-state index is 11.3. The molecule has 0 saturated carbocycles. The standard InChI is InChI=1S/C16H21NO2/c1-3-4-16(18)17-10-9-13-6-5-12-7-8-14(19-2)11-15(12)13/h3-4,7-8,11,13H,5-6,9-10H2,1-2H3,(H,17,18). The van der Waals surface area contributed by atoms with Gasteiger partial charge in [0.25, 0.3) is 0 Å². The van der Waals surface area contributed by atoms with Crippen molar-refractivity contribution in [1.82, 2.24) is 5.32 Å². The normalized spacial score (nSPS) is 17.5. The first-order valence-corrected chi connectivity index (χ1v) is 6.82. The van der Waals surface area contributed by atoms with Gasteiger partial charge in [-0.25, -0.2) is 0 Å². The summed E-state index contributed by atoms with van der Waals surface area (Å²) in [5.41, 5.74) is 2.81. The van der Waals surface area contributed by atoms with Crippen molar-refractivity contribution in [3.8, 4) is 5.75 Å². The minimum Gasteiger partial charge on any atom is -0.497 e. The smallest absolute Gasteiger partial charge is 0.243 e. The number of nitrogens with one attached hydrogen (secondary N) is 1. The summed E-state index contributed by atoms with van der Waals surface area (Å²) in [6, 6.07) is 6.32. The Morgan fingerprint density at radius 3 is 3.11 bits per heavy atom. The molecule has 0 radical (unpaired) electrons. The first kappa shape index (κ1) is 13.7. The lowest BCUT2D eigenvalue weighted by molar-refractivity contribution is -0.116. The topological polar surface area (TPSA) is 38.3 Å². The average molecular weight is 259 g/mol. The second-order valence-electron chi connectivity index (χ2n) is 4.88. The minimum absolute atomic E-state index is 0.00800. The molecule has 1 amide bonds. The zero-order chi connectivity index (χ0) is 13.7. The van der Waals surface area contributed by atoms with Gasteiger partial charge in [-0.1, -0.05) is 12.1 Å². The van der Waals surface area contributed by atoms with Crippen LogP contribution in [0, 0.1) is 0 Å². The molecule has 1 aliphatic rings. The second kappa shape index (κ2) is 6.41. The predicted molar refractivity (Wildman–Crippen MR) is 76.5 cm³/mol. The van der Waals surface area contributed by atoms with E-state index in [1.54, 1.807) is 19.3 Å². The number of carbonyl (C=O) groups is 1. The van der Waals surface area contributed by atoms with Crippen molar-refractivity contribution >= 4 is 5.91 Å². The number of rotatable bonds is 5. The van der Waals surface area contributed by atoms with Gasteiger partial charge >= 0.3 is 0 Å². The van der Waals surface area contributed by atoms with E-state index in [9.17, 15) is 4.79 Å². The number of carbonyl (C=O) groups excluding carboxylic acids is 1. The predicted octanol–water partition coefficient (Wildman–Crippen LogP) is 2.81. The fourth-order valence-corrected chi connectivity index (χ4v) is 2.67. The molecule has 0 aliphatic heterocycles. The summed E-state index contributed by atoms with van der Waals surface area (Å²) in [4.78, 5) is 11.3. The van der Waals surface area contributed by atoms with Crippen LogP contribution in [-0.2, 0) is 11.2 Å². The first-order chi connectivity index (χ1) is 9.24. The average Bonchev–Trinajstić information content (AvgIpc) is 2.81. The molecule has 0 spiro atoms. The molecule has 1 N–H and O–H groups in total. The molecular formula is C16H21NO2. The van der Waals surface area contributed by atoms with Crippen LogP contribution < -0.4 is 10.1 Å². The number of hydrogen-bond acceptors (Lipinski definition) is 2. The zero-order valence-electron chi connectivity index (χ0n) is 11.6. The molecule has 2 rings (SSSR count). The monoisotopic (exact) mass is 259 g/mol. The molecule has 0 fully saturated rings. The van der Waals surface area contributed by atoms with Crippen molar-refractivity contribution in [2.45, 2.75) is 32.1 Å². The fourth-order valence-electron chi connectivity index (χ4n) is 2.67. The lowest BCUT2D eigenvalue weighted by Crippen LogP contribution is -2.23. The molecule has 0 bridgehead atoms. The van der Waals surface area contributed by atoms with Gasteiger partial charge in [0.1, 0.15) is 5.75 Å². The third-order valence-electron chi connectivity index (χ3n) is 3.67. The summed E-state index contributed by atoms with van der Waals surface area (Å²) in [7, 11) is 1.70. The molecular weight excluding hydrogens is 238 g/mol. The molecule has 1 aliphatic carbocycles. The molecule has 3 nitrogen and oxygen atoms in total. The number of amides is 1. The maximum atomic E-state index is 11.3. The molecule has 3 heteroatoms. The van der Waals surface area contributed by atoms with Crippen LogP contribution in [0.1, 0.15) is 36.8 Å². The number of benzene rings is 1. The highest BCUT2D eigenvalue weighted by Gasteiger charge is 2.22. The summed E-state index contributed by atoms with van der Waals surface area (Å²) in [6.07, 6.45) is 6.61. The fraction of sp³-hybridized carbons (Fsp3) is 0.438. The van der Waals surface area contributed by atoms with Gasteiger partial charge < -0.3 is 10.1 Å². The lowest BCUT2D eigenvalue weighted by atomic mass is 9.97. The van der Waals surface area contributed by atoms with Gasteiger partial charge in [-0.15, -0.1) is 0 Å². The van der Waals surface area contributed by atoms with Crippen LogP contribution in [0.15, 0.2) is 30.4 Å². The lowest BCUT2D eigenvalue weighted by Gasteiger charge is -2.12. The molecule has 0 aromatic heterocycles. The Balaban J connectivity index is 1.92. The molecule has 0 saturated heterocycles. The SMILES string of the molecule is CC=CC(=O)NCCC1CCc2ccc(OC)cc21. The third-order valence-corrected chi connectivity index (χ3v) is 3.67.